The topological polar surface area (TPSA) is 26.8 Å². The average Bonchev–Trinajstić information content (AvgIpc) is 2.79. The molecule has 0 bridgehead atoms. The number of rotatable bonds is 8. The maximum atomic E-state index is 15.1. The van der Waals surface area contributed by atoms with Crippen LogP contribution in [0.4, 0.5) is 17.1 Å². The summed E-state index contributed by atoms with van der Waals surface area (Å²) in [5.41, 5.74) is 3.19. The van der Waals surface area contributed by atoms with Crippen LogP contribution in [0.15, 0.2) is 72.8 Å². The van der Waals surface area contributed by atoms with Crippen LogP contribution in [0.1, 0.15) is 13.8 Å². The van der Waals surface area contributed by atoms with Gasteiger partial charge in [0.1, 0.15) is 0 Å². The molecule has 0 fully saturated rings. The van der Waals surface area contributed by atoms with Crippen LogP contribution in [-0.2, 0) is 4.57 Å². The third-order valence-corrected chi connectivity index (χ3v) is 8.76. The monoisotopic (exact) mass is 435 g/mol. The summed E-state index contributed by atoms with van der Waals surface area (Å²) in [6.45, 7) is 6.13. The Morgan fingerprint density at radius 3 is 1.32 bits per heavy atom. The zero-order valence-corrected chi connectivity index (χ0v) is 20.4. The molecule has 31 heavy (non-hydrogen) atoms. The summed E-state index contributed by atoms with van der Waals surface area (Å²) < 4.78 is 15.1. The van der Waals surface area contributed by atoms with Gasteiger partial charge in [-0.25, -0.2) is 0 Å². The summed E-state index contributed by atoms with van der Waals surface area (Å²) in [6.07, 6.45) is 0. The maximum Gasteiger partial charge on any atom is 0.171 e. The minimum absolute atomic E-state index is 0.853. The van der Waals surface area contributed by atoms with Crippen LogP contribution in [0, 0.1) is 0 Å². The highest BCUT2D eigenvalue weighted by molar-refractivity contribution is 7.85. The zero-order chi connectivity index (χ0) is 22.6. The smallest absolute Gasteiger partial charge is 0.171 e. The lowest BCUT2D eigenvalue weighted by Gasteiger charge is -2.26. The second-order valence-electron chi connectivity index (χ2n) is 8.13. The van der Waals surface area contributed by atoms with Crippen molar-refractivity contribution < 1.29 is 4.57 Å². The predicted octanol–water partition coefficient (Wildman–Crippen LogP) is 4.30. The molecule has 0 atom stereocenters. The second kappa shape index (κ2) is 9.62. The molecule has 3 aromatic carbocycles. The van der Waals surface area contributed by atoms with Gasteiger partial charge in [0.2, 0.25) is 0 Å². The van der Waals surface area contributed by atoms with E-state index in [0.717, 1.165) is 46.1 Å². The van der Waals surface area contributed by atoms with Gasteiger partial charge in [-0.05, 0) is 50.2 Å². The van der Waals surface area contributed by atoms with Crippen molar-refractivity contribution in [1.29, 1.82) is 0 Å². The first-order chi connectivity index (χ1) is 14.8. The van der Waals surface area contributed by atoms with Crippen LogP contribution in [0.5, 0.6) is 0 Å². The van der Waals surface area contributed by atoms with Gasteiger partial charge >= 0.3 is 0 Å². The Hall–Kier alpha value is -2.71. The van der Waals surface area contributed by atoms with Crippen LogP contribution >= 0.6 is 7.14 Å². The van der Waals surface area contributed by atoms with Crippen molar-refractivity contribution in [2.24, 2.45) is 0 Å². The Bertz CT molecular complexity index is 1020. The number of benzene rings is 3. The van der Waals surface area contributed by atoms with E-state index in [4.69, 9.17) is 0 Å². The van der Waals surface area contributed by atoms with Crippen LogP contribution in [0.2, 0.25) is 0 Å². The molecule has 0 saturated carbocycles. The van der Waals surface area contributed by atoms with Gasteiger partial charge in [-0.1, -0.05) is 36.4 Å². The Balaban J connectivity index is 2.28. The van der Waals surface area contributed by atoms with E-state index in [1.807, 2.05) is 64.6 Å². The highest BCUT2D eigenvalue weighted by Crippen LogP contribution is 2.44. The molecule has 3 rings (SSSR count). The highest BCUT2D eigenvalue weighted by atomic mass is 31.2. The number of hydrogen-bond donors (Lipinski definition) is 0. The van der Waals surface area contributed by atoms with Crippen LogP contribution in [0.25, 0.3) is 0 Å². The van der Waals surface area contributed by atoms with Gasteiger partial charge in [-0.15, -0.1) is 0 Å². The van der Waals surface area contributed by atoms with E-state index in [2.05, 4.69) is 64.9 Å². The highest BCUT2D eigenvalue weighted by Gasteiger charge is 2.31. The lowest BCUT2D eigenvalue weighted by molar-refractivity contribution is 0.592. The molecule has 0 saturated heterocycles. The van der Waals surface area contributed by atoms with Crippen LogP contribution in [0.3, 0.4) is 0 Å². The van der Waals surface area contributed by atoms with Gasteiger partial charge in [0.25, 0.3) is 0 Å². The van der Waals surface area contributed by atoms with Crippen molar-refractivity contribution in [3.63, 3.8) is 0 Å². The summed E-state index contributed by atoms with van der Waals surface area (Å²) in [6, 6.07) is 24.5. The van der Waals surface area contributed by atoms with Crippen molar-refractivity contribution in [1.82, 2.24) is 0 Å². The van der Waals surface area contributed by atoms with Gasteiger partial charge in [-0.2, -0.15) is 0 Å². The molecule has 0 radical (unpaired) electrons. The largest absolute Gasteiger partial charge is 0.378 e. The molecular weight excluding hydrogens is 401 g/mol. The molecule has 0 heterocycles. The van der Waals surface area contributed by atoms with Crippen molar-refractivity contribution in [2.45, 2.75) is 13.8 Å². The number of nitrogens with zero attached hydrogens (tertiary/aromatic N) is 3. The van der Waals surface area contributed by atoms with Crippen molar-refractivity contribution in [3.8, 4) is 0 Å². The standard InChI is InChI=1S/C26H34N3OP/c1-7-29(8-2)23-14-11-17-26(20-23)31(30,24-15-9-12-21(18-24)27(3)4)25-16-10-13-22(19-25)28(5)6/h9-20H,7-8H2,1-6H3. The van der Waals surface area contributed by atoms with Gasteiger partial charge in [-0.3, -0.25) is 0 Å². The van der Waals surface area contributed by atoms with Gasteiger partial charge in [0.05, 0.1) is 0 Å². The molecule has 4 nitrogen and oxygen atoms in total. The number of anilines is 3. The Kier molecular flexibility index (Phi) is 7.12. The maximum absolute atomic E-state index is 15.1. The first kappa shape index (κ1) is 23.0. The summed E-state index contributed by atoms with van der Waals surface area (Å²) in [5, 5.41) is 2.57. The quantitative estimate of drug-likeness (QED) is 0.493. The summed E-state index contributed by atoms with van der Waals surface area (Å²) in [7, 11) is 4.97. The Morgan fingerprint density at radius 1 is 0.613 bits per heavy atom. The molecule has 0 unspecified atom stereocenters. The van der Waals surface area contributed by atoms with Crippen LogP contribution in [-0.4, -0.2) is 41.3 Å². The van der Waals surface area contributed by atoms with E-state index in [0.29, 0.717) is 0 Å². The van der Waals surface area contributed by atoms with E-state index in [-0.39, 0.29) is 0 Å². The van der Waals surface area contributed by atoms with Crippen molar-refractivity contribution in [3.05, 3.63) is 72.8 Å². The lowest BCUT2D eigenvalue weighted by Crippen LogP contribution is -2.28. The summed E-state index contributed by atoms with van der Waals surface area (Å²) in [4.78, 5) is 6.40. The van der Waals surface area contributed by atoms with Crippen molar-refractivity contribution >= 4 is 40.1 Å². The molecule has 0 spiro atoms. The molecule has 0 aliphatic heterocycles. The zero-order valence-electron chi connectivity index (χ0n) is 19.5. The Labute approximate surface area is 187 Å². The summed E-state index contributed by atoms with van der Waals surface area (Å²) in [5.74, 6) is 0. The van der Waals surface area contributed by atoms with E-state index < -0.39 is 7.14 Å². The fourth-order valence-corrected chi connectivity index (χ4v) is 6.58. The lowest BCUT2D eigenvalue weighted by atomic mass is 10.3. The predicted molar refractivity (Wildman–Crippen MR) is 138 cm³/mol. The van der Waals surface area contributed by atoms with Gasteiger partial charge < -0.3 is 19.3 Å². The molecular formula is C26H34N3OP. The fraction of sp³-hybridized carbons (Fsp3) is 0.308. The van der Waals surface area contributed by atoms with E-state index in [1.54, 1.807) is 0 Å². The molecule has 3 aromatic rings. The SMILES string of the molecule is CCN(CC)c1cccc(P(=O)(c2cccc(N(C)C)c2)c2cccc(N(C)C)c2)c1. The first-order valence-electron chi connectivity index (χ1n) is 10.8. The molecule has 0 aromatic heterocycles. The fourth-order valence-electron chi connectivity index (χ4n) is 3.86. The summed E-state index contributed by atoms with van der Waals surface area (Å²) >= 11 is 0. The molecule has 0 aliphatic carbocycles. The first-order valence-corrected chi connectivity index (χ1v) is 12.5. The normalized spacial score (nSPS) is 11.3. The van der Waals surface area contributed by atoms with Crippen LogP contribution < -0.4 is 30.6 Å². The minimum Gasteiger partial charge on any atom is -0.378 e. The third kappa shape index (κ3) is 4.65. The van der Waals surface area contributed by atoms with E-state index in [9.17, 15) is 0 Å². The second-order valence-corrected chi connectivity index (χ2v) is 10.9. The van der Waals surface area contributed by atoms with Crippen molar-refractivity contribution in [2.75, 3.05) is 56.0 Å². The molecule has 164 valence electrons. The van der Waals surface area contributed by atoms with Gasteiger partial charge in [0.15, 0.2) is 7.14 Å². The molecule has 0 amide bonds. The third-order valence-electron chi connectivity index (χ3n) is 5.74. The minimum atomic E-state index is -3.08. The van der Waals surface area contributed by atoms with Gasteiger partial charge in [0, 0.05) is 74.3 Å². The number of hydrogen-bond acceptors (Lipinski definition) is 4. The van der Waals surface area contributed by atoms with E-state index in [1.165, 1.54) is 0 Å². The average molecular weight is 436 g/mol. The van der Waals surface area contributed by atoms with E-state index >= 15 is 4.57 Å². The molecule has 0 N–H and O–H groups in total. The Morgan fingerprint density at radius 2 is 0.968 bits per heavy atom. The molecule has 5 heteroatoms. The molecule has 0 aliphatic rings.